The lowest BCUT2D eigenvalue weighted by molar-refractivity contribution is 0.669. The van der Waals surface area contributed by atoms with E-state index in [1.54, 1.807) is 0 Å². The molecule has 0 aliphatic carbocycles. The average molecular weight is 704 g/mol. The summed E-state index contributed by atoms with van der Waals surface area (Å²) in [5.41, 5.74) is 13.6. The predicted molar refractivity (Wildman–Crippen MR) is 229 cm³/mol. The molecule has 0 unspecified atom stereocenters. The van der Waals surface area contributed by atoms with Crippen LogP contribution in [0, 0.1) is 0 Å². The van der Waals surface area contributed by atoms with Gasteiger partial charge in [0.25, 0.3) is 0 Å². The van der Waals surface area contributed by atoms with E-state index in [-0.39, 0.29) is 0 Å². The molecule has 0 spiro atoms. The Labute approximate surface area is 317 Å². The highest BCUT2D eigenvalue weighted by molar-refractivity contribution is 6.19. The minimum absolute atomic E-state index is 0.857. The Bertz CT molecular complexity index is 3180. The summed E-state index contributed by atoms with van der Waals surface area (Å²) in [7, 11) is 0. The number of benzene rings is 9. The molecule has 0 aliphatic rings. The van der Waals surface area contributed by atoms with Crippen molar-refractivity contribution < 1.29 is 8.83 Å². The van der Waals surface area contributed by atoms with Crippen molar-refractivity contribution in [2.45, 2.75) is 0 Å². The summed E-state index contributed by atoms with van der Waals surface area (Å²) in [5.74, 6) is 0. The molecule has 2 aromatic heterocycles. The Morgan fingerprint density at radius 2 is 0.891 bits per heavy atom. The number of hydrogen-bond acceptors (Lipinski definition) is 3. The van der Waals surface area contributed by atoms with Crippen molar-refractivity contribution >= 4 is 71.7 Å². The molecular weight excluding hydrogens is 671 g/mol. The summed E-state index contributed by atoms with van der Waals surface area (Å²) in [4.78, 5) is 2.32. The first-order valence-electron chi connectivity index (χ1n) is 18.7. The SMILES string of the molecule is c1ccc(-c2ccc(N(c3ccccc3)c3ccc4oc5c(-c6ccc(-c7cccc8c7oc7ccccc78)cc6)c6ccccc6cc5c4c3)cc2)cc1. The maximum Gasteiger partial charge on any atom is 0.143 e. The molecule has 3 heteroatoms. The van der Waals surface area contributed by atoms with Crippen LogP contribution < -0.4 is 4.90 Å². The first-order valence-corrected chi connectivity index (χ1v) is 18.7. The van der Waals surface area contributed by atoms with Gasteiger partial charge in [0.15, 0.2) is 0 Å². The molecule has 258 valence electrons. The van der Waals surface area contributed by atoms with Crippen molar-refractivity contribution in [1.82, 2.24) is 0 Å². The van der Waals surface area contributed by atoms with Crippen molar-refractivity contribution in [2.75, 3.05) is 4.90 Å². The normalized spacial score (nSPS) is 11.6. The maximum atomic E-state index is 6.83. The molecule has 0 saturated heterocycles. The van der Waals surface area contributed by atoms with Gasteiger partial charge in [0.05, 0.1) is 0 Å². The van der Waals surface area contributed by atoms with E-state index in [4.69, 9.17) is 8.83 Å². The lowest BCUT2D eigenvalue weighted by Crippen LogP contribution is -2.09. The fourth-order valence-electron chi connectivity index (χ4n) is 8.24. The molecule has 9 aromatic carbocycles. The molecule has 2 heterocycles. The molecule has 0 aliphatic heterocycles. The highest BCUT2D eigenvalue weighted by atomic mass is 16.3. The zero-order chi connectivity index (χ0) is 36.3. The number of anilines is 3. The van der Waals surface area contributed by atoms with Crippen LogP contribution in [0.25, 0.3) is 88.0 Å². The molecule has 0 amide bonds. The molecule has 3 nitrogen and oxygen atoms in total. The Morgan fingerprint density at radius 3 is 1.71 bits per heavy atom. The Hall–Kier alpha value is -7.36. The van der Waals surface area contributed by atoms with Crippen LogP contribution in [0.3, 0.4) is 0 Å². The van der Waals surface area contributed by atoms with Crippen LogP contribution >= 0.6 is 0 Å². The molecule has 55 heavy (non-hydrogen) atoms. The van der Waals surface area contributed by atoms with E-state index in [1.165, 1.54) is 16.5 Å². The quantitative estimate of drug-likeness (QED) is 0.173. The van der Waals surface area contributed by atoms with Gasteiger partial charge in [-0.05, 0) is 87.6 Å². The van der Waals surface area contributed by atoms with Crippen LogP contribution in [0.1, 0.15) is 0 Å². The van der Waals surface area contributed by atoms with Gasteiger partial charge in [-0.1, -0.05) is 146 Å². The van der Waals surface area contributed by atoms with Gasteiger partial charge in [-0.15, -0.1) is 0 Å². The van der Waals surface area contributed by atoms with Gasteiger partial charge in [-0.2, -0.15) is 0 Å². The van der Waals surface area contributed by atoms with Gasteiger partial charge in [0.1, 0.15) is 22.3 Å². The van der Waals surface area contributed by atoms with E-state index in [0.29, 0.717) is 0 Å². The fraction of sp³-hybridized carbons (Fsp3) is 0. The molecule has 0 bridgehead atoms. The van der Waals surface area contributed by atoms with Crippen molar-refractivity contribution in [3.05, 3.63) is 200 Å². The van der Waals surface area contributed by atoms with Crippen LogP contribution in [0.2, 0.25) is 0 Å². The zero-order valence-corrected chi connectivity index (χ0v) is 29.8. The number of para-hydroxylation sites is 3. The largest absolute Gasteiger partial charge is 0.455 e. The smallest absolute Gasteiger partial charge is 0.143 e. The highest BCUT2D eigenvalue weighted by Crippen LogP contribution is 2.45. The minimum Gasteiger partial charge on any atom is -0.455 e. The van der Waals surface area contributed by atoms with Gasteiger partial charge >= 0.3 is 0 Å². The Morgan fingerprint density at radius 1 is 0.309 bits per heavy atom. The lowest BCUT2D eigenvalue weighted by atomic mass is 9.93. The first-order chi connectivity index (χ1) is 27.3. The molecule has 0 fully saturated rings. The maximum absolute atomic E-state index is 6.83. The van der Waals surface area contributed by atoms with E-state index >= 15 is 0 Å². The molecule has 0 N–H and O–H groups in total. The number of rotatable bonds is 6. The van der Waals surface area contributed by atoms with Crippen LogP contribution in [0.5, 0.6) is 0 Å². The zero-order valence-electron chi connectivity index (χ0n) is 29.8. The van der Waals surface area contributed by atoms with Crippen molar-refractivity contribution in [3.63, 3.8) is 0 Å². The third-order valence-electron chi connectivity index (χ3n) is 10.9. The molecule has 11 aromatic rings. The van der Waals surface area contributed by atoms with Gasteiger partial charge in [-0.3, -0.25) is 0 Å². The van der Waals surface area contributed by atoms with Crippen LogP contribution in [-0.4, -0.2) is 0 Å². The number of fused-ring (bicyclic) bond motifs is 7. The van der Waals surface area contributed by atoms with Crippen LogP contribution in [0.4, 0.5) is 17.1 Å². The second-order valence-corrected chi connectivity index (χ2v) is 14.1. The van der Waals surface area contributed by atoms with Crippen molar-refractivity contribution in [3.8, 4) is 33.4 Å². The molecular formula is C52H33NO2. The summed E-state index contributed by atoms with van der Waals surface area (Å²) in [6, 6.07) is 70.8. The van der Waals surface area contributed by atoms with Crippen molar-refractivity contribution in [2.24, 2.45) is 0 Å². The third-order valence-corrected chi connectivity index (χ3v) is 10.9. The second-order valence-electron chi connectivity index (χ2n) is 14.1. The van der Waals surface area contributed by atoms with E-state index in [2.05, 4.69) is 193 Å². The molecule has 0 radical (unpaired) electrons. The number of hydrogen-bond donors (Lipinski definition) is 0. The van der Waals surface area contributed by atoms with Crippen LogP contribution in [-0.2, 0) is 0 Å². The van der Waals surface area contributed by atoms with E-state index in [0.717, 1.165) is 88.6 Å². The Balaban J connectivity index is 1.05. The summed E-state index contributed by atoms with van der Waals surface area (Å²) in [5, 5.41) is 6.76. The fourth-order valence-corrected chi connectivity index (χ4v) is 8.24. The molecule has 11 rings (SSSR count). The summed E-state index contributed by atoms with van der Waals surface area (Å²) >= 11 is 0. The van der Waals surface area contributed by atoms with E-state index in [1.807, 2.05) is 12.1 Å². The number of nitrogens with zero attached hydrogens (tertiary/aromatic N) is 1. The van der Waals surface area contributed by atoms with E-state index < -0.39 is 0 Å². The van der Waals surface area contributed by atoms with Gasteiger partial charge in [-0.25, -0.2) is 0 Å². The molecule has 0 atom stereocenters. The summed E-state index contributed by atoms with van der Waals surface area (Å²) < 4.78 is 13.2. The third kappa shape index (κ3) is 5.20. The van der Waals surface area contributed by atoms with Gasteiger partial charge < -0.3 is 13.7 Å². The topological polar surface area (TPSA) is 29.5 Å². The summed E-state index contributed by atoms with van der Waals surface area (Å²) in [6.45, 7) is 0. The van der Waals surface area contributed by atoms with Gasteiger partial charge in [0.2, 0.25) is 0 Å². The average Bonchev–Trinajstić information content (AvgIpc) is 3.82. The predicted octanol–water partition coefficient (Wildman–Crippen LogP) is 15.1. The highest BCUT2D eigenvalue weighted by Gasteiger charge is 2.20. The lowest BCUT2D eigenvalue weighted by Gasteiger charge is -2.25. The monoisotopic (exact) mass is 703 g/mol. The Kier molecular flexibility index (Phi) is 7.17. The van der Waals surface area contributed by atoms with Crippen LogP contribution in [0.15, 0.2) is 209 Å². The van der Waals surface area contributed by atoms with E-state index in [9.17, 15) is 0 Å². The standard InChI is InChI=1S/C52H33NO2/c1-3-12-34(13-4-1)35-26-28-40(29-27-35)53(39-15-5-2-6-16-39)41-30-31-49-46(33-41)47-32-38-14-7-8-17-42(38)50(52(47)55-49)37-24-22-36(23-25-37)43-19-11-20-45-44-18-9-10-21-48(44)54-51(43)45/h1-33H. The van der Waals surface area contributed by atoms with Crippen molar-refractivity contribution in [1.29, 1.82) is 0 Å². The second kappa shape index (κ2) is 12.6. The van der Waals surface area contributed by atoms with Gasteiger partial charge in [0, 0.05) is 49.7 Å². The molecule has 0 saturated carbocycles. The first kappa shape index (κ1) is 31.2. The summed E-state index contributed by atoms with van der Waals surface area (Å²) in [6.07, 6.45) is 0. The number of furan rings is 2. The minimum atomic E-state index is 0.857.